The van der Waals surface area contributed by atoms with E-state index in [4.69, 9.17) is 0 Å². The first-order valence-electron chi connectivity index (χ1n) is 8.50. The van der Waals surface area contributed by atoms with E-state index >= 15 is 0 Å². The molecule has 2 rings (SSSR count). The number of hydrogen-bond acceptors (Lipinski definition) is 2. The zero-order valence-corrected chi connectivity index (χ0v) is 13.5. The van der Waals surface area contributed by atoms with Gasteiger partial charge in [0.15, 0.2) is 0 Å². The highest BCUT2D eigenvalue weighted by Gasteiger charge is 2.36. The second-order valence-corrected chi connectivity index (χ2v) is 7.54. The highest BCUT2D eigenvalue weighted by atomic mass is 15.2. The second kappa shape index (κ2) is 7.08. The fraction of sp³-hybridized carbons (Fsp3) is 1.00. The minimum atomic E-state index is 0.774. The molecule has 0 amide bonds. The van der Waals surface area contributed by atoms with E-state index in [1.165, 1.54) is 51.6 Å². The Balaban J connectivity index is 1.71. The molecule has 2 aliphatic rings. The summed E-state index contributed by atoms with van der Waals surface area (Å²) in [5.74, 6) is 2.65. The smallest absolute Gasteiger partial charge is 0.0136 e. The minimum absolute atomic E-state index is 0.774. The predicted octanol–water partition coefficient (Wildman–Crippen LogP) is 3.52. The third-order valence-electron chi connectivity index (χ3n) is 5.42. The molecule has 2 atom stereocenters. The summed E-state index contributed by atoms with van der Waals surface area (Å²) >= 11 is 0. The maximum Gasteiger partial charge on any atom is 0.0136 e. The first-order chi connectivity index (χ1) is 9.08. The summed E-state index contributed by atoms with van der Waals surface area (Å²) in [5.41, 5.74) is 0. The summed E-state index contributed by atoms with van der Waals surface area (Å²) in [6, 6.07) is 1.73. The molecule has 0 bridgehead atoms. The Hall–Kier alpha value is -0.0800. The molecule has 0 aromatic rings. The molecule has 0 radical (unpaired) electrons. The van der Waals surface area contributed by atoms with Gasteiger partial charge in [-0.15, -0.1) is 0 Å². The molecule has 2 fully saturated rings. The van der Waals surface area contributed by atoms with Gasteiger partial charge in [-0.2, -0.15) is 0 Å². The molecule has 2 aliphatic carbocycles. The molecule has 0 spiro atoms. The third kappa shape index (κ3) is 4.19. The SMILES string of the molecule is CC(C)CNCC1CCC1N(C)C1CCC(C)CC1. The first kappa shape index (κ1) is 15.3. The van der Waals surface area contributed by atoms with Crippen LogP contribution in [-0.4, -0.2) is 37.1 Å². The van der Waals surface area contributed by atoms with E-state index in [-0.39, 0.29) is 0 Å². The van der Waals surface area contributed by atoms with Crippen molar-refractivity contribution in [3.63, 3.8) is 0 Å². The number of hydrogen-bond donors (Lipinski definition) is 1. The number of nitrogens with one attached hydrogen (secondary N) is 1. The molecule has 0 saturated heterocycles. The molecule has 2 heteroatoms. The largest absolute Gasteiger partial charge is 0.316 e. The highest BCUT2D eigenvalue weighted by molar-refractivity contribution is 4.92. The summed E-state index contributed by atoms with van der Waals surface area (Å²) < 4.78 is 0. The van der Waals surface area contributed by atoms with E-state index < -0.39 is 0 Å². The van der Waals surface area contributed by atoms with Gasteiger partial charge in [0, 0.05) is 12.1 Å². The van der Waals surface area contributed by atoms with Crippen LogP contribution in [-0.2, 0) is 0 Å². The average Bonchev–Trinajstić information content (AvgIpc) is 2.33. The van der Waals surface area contributed by atoms with Gasteiger partial charge in [0.25, 0.3) is 0 Å². The van der Waals surface area contributed by atoms with E-state index in [0.717, 1.165) is 29.8 Å². The zero-order valence-electron chi connectivity index (χ0n) is 13.5. The Morgan fingerprint density at radius 2 is 1.74 bits per heavy atom. The lowest BCUT2D eigenvalue weighted by molar-refractivity contribution is 0.0311. The summed E-state index contributed by atoms with van der Waals surface area (Å²) in [6.07, 6.45) is 8.61. The van der Waals surface area contributed by atoms with E-state index in [1.54, 1.807) is 0 Å². The molecular formula is C17H34N2. The van der Waals surface area contributed by atoms with Crippen molar-refractivity contribution >= 4 is 0 Å². The van der Waals surface area contributed by atoms with Crippen LogP contribution >= 0.6 is 0 Å². The summed E-state index contributed by atoms with van der Waals surface area (Å²) in [5, 5.41) is 3.65. The molecule has 112 valence electrons. The summed E-state index contributed by atoms with van der Waals surface area (Å²) in [4.78, 5) is 2.73. The number of rotatable bonds is 6. The zero-order chi connectivity index (χ0) is 13.8. The molecule has 19 heavy (non-hydrogen) atoms. The van der Waals surface area contributed by atoms with Crippen LogP contribution in [0.15, 0.2) is 0 Å². The lowest BCUT2D eigenvalue weighted by Crippen LogP contribution is -2.53. The van der Waals surface area contributed by atoms with Crippen LogP contribution in [0.4, 0.5) is 0 Å². The van der Waals surface area contributed by atoms with Crippen LogP contribution in [0.2, 0.25) is 0 Å². The molecule has 2 saturated carbocycles. The minimum Gasteiger partial charge on any atom is -0.316 e. The van der Waals surface area contributed by atoms with E-state index in [0.29, 0.717) is 0 Å². The van der Waals surface area contributed by atoms with Gasteiger partial charge < -0.3 is 10.2 Å². The van der Waals surface area contributed by atoms with Crippen molar-refractivity contribution in [1.82, 2.24) is 10.2 Å². The Bertz CT molecular complexity index is 256. The van der Waals surface area contributed by atoms with Gasteiger partial charge in [-0.25, -0.2) is 0 Å². The van der Waals surface area contributed by atoms with Gasteiger partial charge >= 0.3 is 0 Å². The van der Waals surface area contributed by atoms with Gasteiger partial charge in [-0.05, 0) is 76.4 Å². The topological polar surface area (TPSA) is 15.3 Å². The van der Waals surface area contributed by atoms with Crippen molar-refractivity contribution < 1.29 is 0 Å². The van der Waals surface area contributed by atoms with Crippen molar-refractivity contribution in [2.24, 2.45) is 17.8 Å². The van der Waals surface area contributed by atoms with E-state index in [9.17, 15) is 0 Å². The summed E-state index contributed by atoms with van der Waals surface area (Å²) in [6.45, 7) is 9.41. The number of nitrogens with zero attached hydrogens (tertiary/aromatic N) is 1. The third-order valence-corrected chi connectivity index (χ3v) is 5.42. The lowest BCUT2D eigenvalue weighted by Gasteiger charge is -2.47. The fourth-order valence-corrected chi connectivity index (χ4v) is 3.80. The molecular weight excluding hydrogens is 232 g/mol. The first-order valence-corrected chi connectivity index (χ1v) is 8.50. The Morgan fingerprint density at radius 3 is 2.26 bits per heavy atom. The predicted molar refractivity (Wildman–Crippen MR) is 83.4 cm³/mol. The van der Waals surface area contributed by atoms with Gasteiger partial charge in [-0.3, -0.25) is 0 Å². The van der Waals surface area contributed by atoms with Crippen LogP contribution in [0.3, 0.4) is 0 Å². The maximum absolute atomic E-state index is 3.65. The van der Waals surface area contributed by atoms with Crippen LogP contribution < -0.4 is 5.32 Å². The fourth-order valence-electron chi connectivity index (χ4n) is 3.80. The Labute approximate surface area is 120 Å². The lowest BCUT2D eigenvalue weighted by atomic mass is 9.76. The quantitative estimate of drug-likeness (QED) is 0.791. The molecule has 0 aromatic heterocycles. The second-order valence-electron chi connectivity index (χ2n) is 7.54. The molecule has 0 heterocycles. The van der Waals surface area contributed by atoms with Crippen molar-refractivity contribution in [3.8, 4) is 0 Å². The van der Waals surface area contributed by atoms with Gasteiger partial charge in [0.1, 0.15) is 0 Å². The van der Waals surface area contributed by atoms with Crippen LogP contribution in [0.5, 0.6) is 0 Å². The molecule has 1 N–H and O–H groups in total. The van der Waals surface area contributed by atoms with Crippen molar-refractivity contribution in [2.75, 3.05) is 20.1 Å². The van der Waals surface area contributed by atoms with Crippen LogP contribution in [0.1, 0.15) is 59.3 Å². The van der Waals surface area contributed by atoms with Crippen molar-refractivity contribution in [1.29, 1.82) is 0 Å². The standard InChI is InChI=1S/C17H34N2/c1-13(2)11-18-12-15-7-10-17(15)19(4)16-8-5-14(3)6-9-16/h13-18H,5-12H2,1-4H3. The van der Waals surface area contributed by atoms with E-state index in [1.807, 2.05) is 0 Å². The highest BCUT2D eigenvalue weighted by Crippen LogP contribution is 2.36. The van der Waals surface area contributed by atoms with Gasteiger partial charge in [0.05, 0.1) is 0 Å². The molecule has 0 aromatic carbocycles. The van der Waals surface area contributed by atoms with Crippen molar-refractivity contribution in [2.45, 2.75) is 71.4 Å². The molecule has 2 unspecified atom stereocenters. The Kier molecular flexibility index (Phi) is 5.70. The van der Waals surface area contributed by atoms with Gasteiger partial charge in [0.2, 0.25) is 0 Å². The van der Waals surface area contributed by atoms with Crippen LogP contribution in [0.25, 0.3) is 0 Å². The normalized spacial score (nSPS) is 35.7. The Morgan fingerprint density at radius 1 is 1.05 bits per heavy atom. The average molecular weight is 266 g/mol. The molecule has 0 aliphatic heterocycles. The maximum atomic E-state index is 3.65. The van der Waals surface area contributed by atoms with Crippen molar-refractivity contribution in [3.05, 3.63) is 0 Å². The summed E-state index contributed by atoms with van der Waals surface area (Å²) in [7, 11) is 2.39. The van der Waals surface area contributed by atoms with Gasteiger partial charge in [-0.1, -0.05) is 20.8 Å². The molecule has 2 nitrogen and oxygen atoms in total. The van der Waals surface area contributed by atoms with Crippen LogP contribution in [0, 0.1) is 17.8 Å². The monoisotopic (exact) mass is 266 g/mol. The van der Waals surface area contributed by atoms with E-state index in [2.05, 4.69) is 38.0 Å².